The Morgan fingerprint density at radius 3 is 2.23 bits per heavy atom. The van der Waals surface area contributed by atoms with Crippen LogP contribution in [0.4, 0.5) is 0 Å². The minimum absolute atomic E-state index is 1.24. The lowest BCUT2D eigenvalue weighted by atomic mass is 10.0. The van der Waals surface area contributed by atoms with E-state index in [2.05, 4.69) is 38.6 Å². The van der Waals surface area contributed by atoms with Crippen molar-refractivity contribution in [2.24, 2.45) is 0 Å². The molecule has 0 aliphatic heterocycles. The molecule has 0 atom stereocenters. The molecular formula is C12H14S. The van der Waals surface area contributed by atoms with Crippen LogP contribution in [0.3, 0.4) is 0 Å². The van der Waals surface area contributed by atoms with Crippen LogP contribution in [0.25, 0.3) is 5.57 Å². The molecule has 0 nitrogen and oxygen atoms in total. The Bertz CT molecular complexity index is 316. The minimum atomic E-state index is 1.24. The summed E-state index contributed by atoms with van der Waals surface area (Å²) < 4.78 is 0. The first-order chi connectivity index (χ1) is 6.25. The number of rotatable bonds is 2. The van der Waals surface area contributed by atoms with Crippen LogP contribution in [-0.2, 0) is 0 Å². The Morgan fingerprint density at radius 2 is 1.77 bits per heavy atom. The molecule has 1 rings (SSSR count). The summed E-state index contributed by atoms with van der Waals surface area (Å²) >= 11 is 4.09. The van der Waals surface area contributed by atoms with Crippen LogP contribution in [0, 0.1) is 0 Å². The lowest BCUT2D eigenvalue weighted by Crippen LogP contribution is -1.82. The number of hydrogen-bond acceptors (Lipinski definition) is 1. The molecule has 1 aromatic rings. The largest absolute Gasteiger partial charge is 0.151 e. The second kappa shape index (κ2) is 4.93. The van der Waals surface area contributed by atoms with Gasteiger partial charge in [0.05, 0.1) is 0 Å². The normalized spacial score (nSPS) is 10.4. The molecule has 0 amide bonds. The fraction of sp³-hybridized carbons (Fsp3) is 0.167. The van der Waals surface area contributed by atoms with E-state index in [9.17, 15) is 0 Å². The van der Waals surface area contributed by atoms with Gasteiger partial charge in [-0.05, 0) is 36.5 Å². The van der Waals surface area contributed by atoms with Crippen LogP contribution < -0.4 is 0 Å². The molecule has 1 aromatic carbocycles. The van der Waals surface area contributed by atoms with E-state index < -0.39 is 0 Å². The number of allylic oxidation sites excluding steroid dienone is 3. The summed E-state index contributed by atoms with van der Waals surface area (Å²) in [6, 6.07) is 10.3. The maximum atomic E-state index is 4.09. The summed E-state index contributed by atoms with van der Waals surface area (Å²) in [5.74, 6) is 0. The lowest BCUT2D eigenvalue weighted by molar-refractivity contribution is 1.39. The standard InChI is InChI=1S/C12H14S/c1-10(2)12(8-9-13)11-6-4-3-5-7-11/h3-9,13H,1-2H3/b9-8-. The Kier molecular flexibility index (Phi) is 3.84. The SMILES string of the molecule is CC(C)=C(/C=C\S)c1ccccc1. The zero-order chi connectivity index (χ0) is 9.68. The van der Waals surface area contributed by atoms with Gasteiger partial charge >= 0.3 is 0 Å². The highest BCUT2D eigenvalue weighted by atomic mass is 32.1. The molecule has 1 heteroatoms. The summed E-state index contributed by atoms with van der Waals surface area (Å²) in [6.45, 7) is 4.21. The molecule has 0 aliphatic carbocycles. The fourth-order valence-corrected chi connectivity index (χ4v) is 1.39. The second-order valence-electron chi connectivity index (χ2n) is 3.10. The van der Waals surface area contributed by atoms with Crippen molar-refractivity contribution in [2.45, 2.75) is 13.8 Å². The molecule has 0 saturated carbocycles. The van der Waals surface area contributed by atoms with Gasteiger partial charge in [-0.3, -0.25) is 0 Å². The van der Waals surface area contributed by atoms with E-state index in [1.54, 1.807) is 5.41 Å². The first-order valence-corrected chi connectivity index (χ1v) is 4.81. The van der Waals surface area contributed by atoms with Crippen molar-refractivity contribution in [1.29, 1.82) is 0 Å². The van der Waals surface area contributed by atoms with Crippen molar-refractivity contribution in [3.63, 3.8) is 0 Å². The van der Waals surface area contributed by atoms with Crippen molar-refractivity contribution in [3.05, 3.63) is 53.0 Å². The van der Waals surface area contributed by atoms with E-state index >= 15 is 0 Å². The Balaban J connectivity index is 3.12. The van der Waals surface area contributed by atoms with E-state index in [0.29, 0.717) is 0 Å². The van der Waals surface area contributed by atoms with Crippen LogP contribution >= 0.6 is 12.6 Å². The molecule has 0 aromatic heterocycles. The van der Waals surface area contributed by atoms with E-state index in [1.165, 1.54) is 16.7 Å². The highest BCUT2D eigenvalue weighted by Crippen LogP contribution is 2.19. The zero-order valence-electron chi connectivity index (χ0n) is 7.99. The van der Waals surface area contributed by atoms with Gasteiger partial charge in [0.15, 0.2) is 0 Å². The topological polar surface area (TPSA) is 0 Å². The summed E-state index contributed by atoms with van der Waals surface area (Å²) in [7, 11) is 0. The van der Waals surface area contributed by atoms with Crippen LogP contribution in [0.2, 0.25) is 0 Å². The van der Waals surface area contributed by atoms with Crippen molar-refractivity contribution < 1.29 is 0 Å². The third-order valence-electron chi connectivity index (χ3n) is 1.86. The predicted molar refractivity (Wildman–Crippen MR) is 62.8 cm³/mol. The molecule has 68 valence electrons. The molecule has 0 fully saturated rings. The smallest absolute Gasteiger partial charge is 0.0185 e. The molecular weight excluding hydrogens is 176 g/mol. The number of benzene rings is 1. The third kappa shape index (κ3) is 2.78. The Morgan fingerprint density at radius 1 is 1.15 bits per heavy atom. The van der Waals surface area contributed by atoms with E-state index in [4.69, 9.17) is 0 Å². The van der Waals surface area contributed by atoms with Gasteiger partial charge in [-0.25, -0.2) is 0 Å². The zero-order valence-corrected chi connectivity index (χ0v) is 8.88. The molecule has 0 N–H and O–H groups in total. The maximum absolute atomic E-state index is 4.09. The molecule has 0 heterocycles. The van der Waals surface area contributed by atoms with Crippen molar-refractivity contribution >= 4 is 18.2 Å². The number of hydrogen-bond donors (Lipinski definition) is 1. The van der Waals surface area contributed by atoms with Gasteiger partial charge in [-0.2, -0.15) is 12.6 Å². The van der Waals surface area contributed by atoms with Crippen molar-refractivity contribution in [1.82, 2.24) is 0 Å². The van der Waals surface area contributed by atoms with E-state index in [1.807, 2.05) is 24.3 Å². The lowest BCUT2D eigenvalue weighted by Gasteiger charge is -2.04. The first kappa shape index (κ1) is 10.1. The highest BCUT2D eigenvalue weighted by molar-refractivity contribution is 7.83. The average molecular weight is 190 g/mol. The molecule has 0 aliphatic rings. The van der Waals surface area contributed by atoms with E-state index in [-0.39, 0.29) is 0 Å². The summed E-state index contributed by atoms with van der Waals surface area (Å²) in [4.78, 5) is 0. The van der Waals surface area contributed by atoms with Gasteiger partial charge in [-0.15, -0.1) is 0 Å². The monoisotopic (exact) mass is 190 g/mol. The summed E-state index contributed by atoms with van der Waals surface area (Å²) in [5.41, 5.74) is 3.79. The van der Waals surface area contributed by atoms with Gasteiger partial charge in [0.25, 0.3) is 0 Å². The Hall–Kier alpha value is -0.950. The minimum Gasteiger partial charge on any atom is -0.151 e. The molecule has 0 bridgehead atoms. The van der Waals surface area contributed by atoms with Crippen LogP contribution in [0.5, 0.6) is 0 Å². The quantitative estimate of drug-likeness (QED) is 0.530. The molecule has 13 heavy (non-hydrogen) atoms. The van der Waals surface area contributed by atoms with Crippen LogP contribution in [-0.4, -0.2) is 0 Å². The summed E-state index contributed by atoms with van der Waals surface area (Å²) in [5, 5.41) is 1.77. The first-order valence-electron chi connectivity index (χ1n) is 4.29. The predicted octanol–water partition coefficient (Wildman–Crippen LogP) is 3.92. The Labute approximate surface area is 85.4 Å². The van der Waals surface area contributed by atoms with Gasteiger partial charge in [0.1, 0.15) is 0 Å². The molecule has 0 spiro atoms. The average Bonchev–Trinajstić information content (AvgIpc) is 2.15. The van der Waals surface area contributed by atoms with Gasteiger partial charge in [-0.1, -0.05) is 35.9 Å². The van der Waals surface area contributed by atoms with Crippen LogP contribution in [0.15, 0.2) is 47.4 Å². The molecule has 0 radical (unpaired) electrons. The van der Waals surface area contributed by atoms with Crippen molar-refractivity contribution in [2.75, 3.05) is 0 Å². The van der Waals surface area contributed by atoms with E-state index in [0.717, 1.165) is 0 Å². The summed E-state index contributed by atoms with van der Waals surface area (Å²) in [6.07, 6.45) is 2.02. The number of thiol groups is 1. The highest BCUT2D eigenvalue weighted by Gasteiger charge is 1.97. The maximum Gasteiger partial charge on any atom is -0.0185 e. The van der Waals surface area contributed by atoms with Gasteiger partial charge in [0.2, 0.25) is 0 Å². The molecule has 0 unspecified atom stereocenters. The van der Waals surface area contributed by atoms with Gasteiger partial charge in [0, 0.05) is 0 Å². The van der Waals surface area contributed by atoms with Gasteiger partial charge < -0.3 is 0 Å². The molecule has 0 saturated heterocycles. The van der Waals surface area contributed by atoms with Crippen molar-refractivity contribution in [3.8, 4) is 0 Å². The third-order valence-corrected chi connectivity index (χ3v) is 2.01. The van der Waals surface area contributed by atoms with Crippen LogP contribution in [0.1, 0.15) is 19.4 Å². The second-order valence-corrected chi connectivity index (χ2v) is 3.39. The fourth-order valence-electron chi connectivity index (χ4n) is 1.24.